The summed E-state index contributed by atoms with van der Waals surface area (Å²) >= 11 is 1.43. The number of thiophene rings is 1. The molecular weight excluding hydrogens is 120 g/mol. The highest BCUT2D eigenvalue weighted by atomic mass is 32.1. The first kappa shape index (κ1) is 5.51. The lowest BCUT2D eigenvalue weighted by molar-refractivity contribution is 0.112. The minimum absolute atomic E-state index is 0.683. The van der Waals surface area contributed by atoms with Crippen LogP contribution in [-0.4, -0.2) is 6.29 Å². The highest BCUT2D eigenvalue weighted by Crippen LogP contribution is 2.08. The number of rotatable bonds is 1. The fraction of sp³-hybridized carbons (Fsp3) is 0.167. The highest BCUT2D eigenvalue weighted by molar-refractivity contribution is 7.11. The number of aldehydes is 1. The van der Waals surface area contributed by atoms with Gasteiger partial charge in [-0.2, -0.15) is 0 Å². The summed E-state index contributed by atoms with van der Waals surface area (Å²) in [4.78, 5) is 10.7. The molecule has 0 saturated carbocycles. The minimum atomic E-state index is 0.683. The van der Waals surface area contributed by atoms with Crippen LogP contribution in [0.5, 0.6) is 0 Å². The van der Waals surface area contributed by atoms with Crippen LogP contribution in [0.25, 0.3) is 0 Å². The summed E-state index contributed by atoms with van der Waals surface area (Å²) < 4.78 is 0. The Labute approximate surface area is 52.0 Å². The van der Waals surface area contributed by atoms with Crippen molar-refractivity contribution >= 4 is 17.6 Å². The standard InChI is InChI=1S/C6H5OS/c1-5-2-6(3-7)8-4-5/h3-4H,1H3. The molecule has 0 bridgehead atoms. The average Bonchev–Trinajstić information content (AvgIpc) is 2.14. The number of hydrogen-bond donors (Lipinski definition) is 0. The summed E-state index contributed by atoms with van der Waals surface area (Å²) in [7, 11) is 0. The molecule has 1 heterocycles. The summed E-state index contributed by atoms with van der Waals surface area (Å²) in [5, 5.41) is 1.91. The second-order valence-corrected chi connectivity index (χ2v) is 2.44. The molecule has 41 valence electrons. The van der Waals surface area contributed by atoms with Crippen LogP contribution in [0.15, 0.2) is 5.38 Å². The first-order chi connectivity index (χ1) is 3.83. The molecule has 1 aromatic rings. The lowest BCUT2D eigenvalue weighted by Gasteiger charge is -1.68. The Morgan fingerprint density at radius 3 is 2.88 bits per heavy atom. The van der Waals surface area contributed by atoms with Gasteiger partial charge < -0.3 is 0 Å². The van der Waals surface area contributed by atoms with Crippen molar-refractivity contribution in [3.05, 3.63) is 21.9 Å². The Morgan fingerprint density at radius 1 is 1.88 bits per heavy atom. The van der Waals surface area contributed by atoms with Crippen LogP contribution in [0.1, 0.15) is 15.2 Å². The Hall–Kier alpha value is -0.630. The van der Waals surface area contributed by atoms with E-state index in [0.717, 1.165) is 11.8 Å². The third kappa shape index (κ3) is 0.954. The van der Waals surface area contributed by atoms with Crippen molar-refractivity contribution in [1.82, 2.24) is 0 Å². The number of carbonyl (C=O) groups excluding carboxylic acids is 1. The predicted octanol–water partition coefficient (Wildman–Crippen LogP) is 1.67. The van der Waals surface area contributed by atoms with E-state index < -0.39 is 0 Å². The Kier molecular flexibility index (Phi) is 1.44. The molecule has 0 saturated heterocycles. The molecule has 1 aromatic heterocycles. The summed E-state index contributed by atoms with van der Waals surface area (Å²) in [6.07, 6.45) is 0.817. The van der Waals surface area contributed by atoms with Crippen molar-refractivity contribution in [2.24, 2.45) is 0 Å². The van der Waals surface area contributed by atoms with Gasteiger partial charge in [0.25, 0.3) is 0 Å². The molecule has 0 amide bonds. The van der Waals surface area contributed by atoms with Crippen LogP contribution in [-0.2, 0) is 0 Å². The van der Waals surface area contributed by atoms with Gasteiger partial charge in [0.1, 0.15) is 0 Å². The molecule has 1 radical (unpaired) electrons. The number of aryl methyl sites for hydroxylation is 1. The maximum absolute atomic E-state index is 10.00. The molecule has 0 unspecified atom stereocenters. The second-order valence-electron chi connectivity index (χ2n) is 1.53. The Balaban J connectivity index is 3.00. The second kappa shape index (κ2) is 2.09. The van der Waals surface area contributed by atoms with Crippen molar-refractivity contribution in [1.29, 1.82) is 0 Å². The highest BCUT2D eigenvalue weighted by Gasteiger charge is 1.91. The van der Waals surface area contributed by atoms with E-state index in [9.17, 15) is 4.79 Å². The zero-order valence-electron chi connectivity index (χ0n) is 4.47. The van der Waals surface area contributed by atoms with E-state index in [4.69, 9.17) is 0 Å². The van der Waals surface area contributed by atoms with E-state index in [2.05, 4.69) is 6.07 Å². The molecule has 0 aliphatic heterocycles. The van der Waals surface area contributed by atoms with Crippen LogP contribution in [0.4, 0.5) is 0 Å². The quantitative estimate of drug-likeness (QED) is 0.522. The number of carbonyl (C=O) groups is 1. The topological polar surface area (TPSA) is 17.1 Å². The molecule has 0 N–H and O–H groups in total. The third-order valence-corrected chi connectivity index (χ3v) is 1.71. The average molecular weight is 125 g/mol. The van der Waals surface area contributed by atoms with Crippen molar-refractivity contribution in [2.45, 2.75) is 6.92 Å². The fourth-order valence-electron chi connectivity index (χ4n) is 0.462. The summed E-state index contributed by atoms with van der Waals surface area (Å²) in [5.41, 5.74) is 1.04. The summed E-state index contributed by atoms with van der Waals surface area (Å²) in [6.45, 7) is 1.92. The molecule has 0 aliphatic carbocycles. The van der Waals surface area contributed by atoms with E-state index in [-0.39, 0.29) is 0 Å². The predicted molar refractivity (Wildman–Crippen MR) is 33.3 cm³/mol. The maximum Gasteiger partial charge on any atom is 0.160 e. The molecule has 0 aliphatic rings. The van der Waals surface area contributed by atoms with Gasteiger partial charge in [0, 0.05) is 6.07 Å². The van der Waals surface area contributed by atoms with E-state index in [0.29, 0.717) is 4.88 Å². The molecule has 1 rings (SSSR count). The van der Waals surface area contributed by atoms with Gasteiger partial charge >= 0.3 is 0 Å². The zero-order chi connectivity index (χ0) is 5.98. The first-order valence-corrected chi connectivity index (χ1v) is 3.13. The monoisotopic (exact) mass is 125 g/mol. The van der Waals surface area contributed by atoms with Crippen LogP contribution < -0.4 is 0 Å². The molecule has 1 nitrogen and oxygen atoms in total. The van der Waals surface area contributed by atoms with Crippen molar-refractivity contribution in [3.8, 4) is 0 Å². The molecular formula is C6H5OS. The van der Waals surface area contributed by atoms with Gasteiger partial charge in [-0.3, -0.25) is 4.79 Å². The summed E-state index contributed by atoms with van der Waals surface area (Å²) in [6, 6.07) is 2.88. The third-order valence-electron chi connectivity index (χ3n) is 0.790. The van der Waals surface area contributed by atoms with E-state index >= 15 is 0 Å². The van der Waals surface area contributed by atoms with Crippen molar-refractivity contribution < 1.29 is 4.79 Å². The smallest absolute Gasteiger partial charge is 0.160 e. The Bertz CT molecular complexity index is 190. The molecule has 8 heavy (non-hydrogen) atoms. The molecule has 0 fully saturated rings. The SMILES string of the molecule is Cc1[c]c(C=O)sc1. The lowest BCUT2D eigenvalue weighted by atomic mass is 10.4. The van der Waals surface area contributed by atoms with Gasteiger partial charge in [0.05, 0.1) is 4.88 Å². The maximum atomic E-state index is 10.00. The van der Waals surface area contributed by atoms with Crippen LogP contribution in [0.3, 0.4) is 0 Å². The molecule has 0 spiro atoms. The van der Waals surface area contributed by atoms with Gasteiger partial charge in [-0.1, -0.05) is 0 Å². The normalized spacial score (nSPS) is 9.12. The molecule has 0 atom stereocenters. The van der Waals surface area contributed by atoms with Crippen LogP contribution in [0.2, 0.25) is 0 Å². The fourth-order valence-corrected chi connectivity index (χ4v) is 1.10. The van der Waals surface area contributed by atoms with Crippen LogP contribution in [0, 0.1) is 13.0 Å². The molecule has 2 heteroatoms. The summed E-state index contributed by atoms with van der Waals surface area (Å²) in [5.74, 6) is 0. The van der Waals surface area contributed by atoms with Gasteiger partial charge in [0.15, 0.2) is 6.29 Å². The van der Waals surface area contributed by atoms with Crippen LogP contribution >= 0.6 is 11.3 Å². The van der Waals surface area contributed by atoms with E-state index in [1.54, 1.807) is 0 Å². The van der Waals surface area contributed by atoms with Gasteiger partial charge in [-0.15, -0.1) is 11.3 Å². The van der Waals surface area contributed by atoms with Crippen molar-refractivity contribution in [3.63, 3.8) is 0 Å². The molecule has 0 aromatic carbocycles. The Morgan fingerprint density at radius 2 is 2.62 bits per heavy atom. The van der Waals surface area contributed by atoms with E-state index in [1.165, 1.54) is 11.3 Å². The van der Waals surface area contributed by atoms with E-state index in [1.807, 2.05) is 12.3 Å². The van der Waals surface area contributed by atoms with Gasteiger partial charge in [-0.05, 0) is 17.9 Å². The zero-order valence-corrected chi connectivity index (χ0v) is 5.29. The van der Waals surface area contributed by atoms with Gasteiger partial charge in [0.2, 0.25) is 0 Å². The van der Waals surface area contributed by atoms with Crippen molar-refractivity contribution in [2.75, 3.05) is 0 Å². The number of hydrogen-bond acceptors (Lipinski definition) is 2. The first-order valence-electron chi connectivity index (χ1n) is 2.25. The largest absolute Gasteiger partial charge is 0.297 e. The minimum Gasteiger partial charge on any atom is -0.297 e. The lowest BCUT2D eigenvalue weighted by Crippen LogP contribution is -1.65. The van der Waals surface area contributed by atoms with Gasteiger partial charge in [-0.25, -0.2) is 0 Å².